The molecule has 0 aromatic heterocycles. The van der Waals surface area contributed by atoms with E-state index in [1.54, 1.807) is 0 Å². The number of hydrogen-bond acceptors (Lipinski definition) is 3. The van der Waals surface area contributed by atoms with Gasteiger partial charge in [0, 0.05) is 6.54 Å². The second-order valence-corrected chi connectivity index (χ2v) is 2.14. The molecule has 3 heteroatoms. The average Bonchev–Trinajstić information content (AvgIpc) is 2.06. The van der Waals surface area contributed by atoms with E-state index < -0.39 is 0 Å². The summed E-state index contributed by atoms with van der Waals surface area (Å²) in [6.07, 6.45) is 0. The van der Waals surface area contributed by atoms with Gasteiger partial charge in [0.25, 0.3) is 0 Å². The minimum atomic E-state index is 0.675. The van der Waals surface area contributed by atoms with E-state index in [2.05, 4.69) is 10.2 Å². The van der Waals surface area contributed by atoms with Gasteiger partial charge in [0.15, 0.2) is 5.75 Å². The summed E-state index contributed by atoms with van der Waals surface area (Å²) in [7, 11) is 0. The van der Waals surface area contributed by atoms with Crippen molar-refractivity contribution in [2.24, 2.45) is 5.90 Å². The SMILES string of the molecule is CCNc1ccccc1ON. The molecule has 11 heavy (non-hydrogen) atoms. The first-order chi connectivity index (χ1) is 5.38. The number of anilines is 1. The second-order valence-electron chi connectivity index (χ2n) is 2.14. The first kappa shape index (κ1) is 7.88. The highest BCUT2D eigenvalue weighted by Gasteiger charge is 1.97. The molecule has 1 aromatic rings. The van der Waals surface area contributed by atoms with Crippen molar-refractivity contribution < 1.29 is 4.84 Å². The van der Waals surface area contributed by atoms with Crippen molar-refractivity contribution >= 4 is 5.69 Å². The lowest BCUT2D eigenvalue weighted by atomic mass is 10.3. The summed E-state index contributed by atoms with van der Waals surface area (Å²) < 4.78 is 0. The van der Waals surface area contributed by atoms with Crippen LogP contribution in [0.25, 0.3) is 0 Å². The number of rotatable bonds is 3. The quantitative estimate of drug-likeness (QED) is 0.643. The Balaban J connectivity index is 2.83. The maximum Gasteiger partial charge on any atom is 0.169 e. The van der Waals surface area contributed by atoms with E-state index in [1.165, 1.54) is 0 Å². The van der Waals surface area contributed by atoms with Crippen molar-refractivity contribution in [2.45, 2.75) is 6.92 Å². The lowest BCUT2D eigenvalue weighted by Gasteiger charge is -2.06. The fraction of sp³-hybridized carbons (Fsp3) is 0.250. The van der Waals surface area contributed by atoms with Crippen LogP contribution in [-0.4, -0.2) is 6.54 Å². The van der Waals surface area contributed by atoms with Crippen molar-refractivity contribution in [1.82, 2.24) is 0 Å². The normalized spacial score (nSPS) is 9.27. The van der Waals surface area contributed by atoms with Gasteiger partial charge in [-0.05, 0) is 19.1 Å². The molecule has 1 rings (SSSR count). The van der Waals surface area contributed by atoms with Gasteiger partial charge in [-0.15, -0.1) is 0 Å². The molecular formula is C8H12N2O. The summed E-state index contributed by atoms with van der Waals surface area (Å²) in [6, 6.07) is 7.55. The first-order valence-electron chi connectivity index (χ1n) is 3.58. The summed E-state index contributed by atoms with van der Waals surface area (Å²) >= 11 is 0. The molecule has 0 spiro atoms. The van der Waals surface area contributed by atoms with Crippen molar-refractivity contribution in [3.63, 3.8) is 0 Å². The highest BCUT2D eigenvalue weighted by Crippen LogP contribution is 2.21. The van der Waals surface area contributed by atoms with Crippen LogP contribution in [0, 0.1) is 0 Å². The maximum atomic E-state index is 5.04. The number of hydrogen-bond donors (Lipinski definition) is 2. The van der Waals surface area contributed by atoms with E-state index in [1.807, 2.05) is 31.2 Å². The summed E-state index contributed by atoms with van der Waals surface area (Å²) in [5, 5.41) is 3.12. The Morgan fingerprint density at radius 2 is 2.18 bits per heavy atom. The summed E-state index contributed by atoms with van der Waals surface area (Å²) in [4.78, 5) is 4.64. The molecule has 0 bridgehead atoms. The van der Waals surface area contributed by atoms with Crippen molar-refractivity contribution in [2.75, 3.05) is 11.9 Å². The Morgan fingerprint density at radius 1 is 1.45 bits per heavy atom. The van der Waals surface area contributed by atoms with Crippen LogP contribution in [0.15, 0.2) is 24.3 Å². The van der Waals surface area contributed by atoms with Gasteiger partial charge in [0.2, 0.25) is 0 Å². The topological polar surface area (TPSA) is 47.3 Å². The molecule has 0 aliphatic heterocycles. The zero-order chi connectivity index (χ0) is 8.10. The Morgan fingerprint density at radius 3 is 2.82 bits per heavy atom. The predicted octanol–water partition coefficient (Wildman–Crippen LogP) is 1.37. The molecule has 0 saturated heterocycles. The molecule has 0 amide bonds. The molecular weight excluding hydrogens is 140 g/mol. The predicted molar refractivity (Wildman–Crippen MR) is 45.4 cm³/mol. The van der Waals surface area contributed by atoms with Crippen LogP contribution in [-0.2, 0) is 0 Å². The van der Waals surface area contributed by atoms with Gasteiger partial charge >= 0.3 is 0 Å². The molecule has 3 nitrogen and oxygen atoms in total. The monoisotopic (exact) mass is 152 g/mol. The van der Waals surface area contributed by atoms with Gasteiger partial charge in [-0.25, -0.2) is 0 Å². The summed E-state index contributed by atoms with van der Waals surface area (Å²) in [5.74, 6) is 5.72. The van der Waals surface area contributed by atoms with Gasteiger partial charge in [0.1, 0.15) is 0 Å². The lowest BCUT2D eigenvalue weighted by molar-refractivity contribution is 0.336. The van der Waals surface area contributed by atoms with Gasteiger partial charge < -0.3 is 10.2 Å². The zero-order valence-electron chi connectivity index (χ0n) is 6.50. The maximum absolute atomic E-state index is 5.04. The smallest absolute Gasteiger partial charge is 0.169 e. The van der Waals surface area contributed by atoms with Gasteiger partial charge in [-0.2, -0.15) is 5.90 Å². The lowest BCUT2D eigenvalue weighted by Crippen LogP contribution is -2.05. The summed E-state index contributed by atoms with van der Waals surface area (Å²) in [6.45, 7) is 2.88. The Kier molecular flexibility index (Phi) is 2.74. The first-order valence-corrected chi connectivity index (χ1v) is 3.58. The third kappa shape index (κ3) is 1.85. The van der Waals surface area contributed by atoms with E-state index in [0.29, 0.717) is 5.75 Å². The van der Waals surface area contributed by atoms with Crippen LogP contribution in [0.1, 0.15) is 6.92 Å². The molecule has 1 aromatic carbocycles. The van der Waals surface area contributed by atoms with E-state index in [0.717, 1.165) is 12.2 Å². The molecule has 0 atom stereocenters. The number of nitrogens with one attached hydrogen (secondary N) is 1. The van der Waals surface area contributed by atoms with Crippen LogP contribution >= 0.6 is 0 Å². The molecule has 0 unspecified atom stereocenters. The van der Waals surface area contributed by atoms with Crippen molar-refractivity contribution in [3.05, 3.63) is 24.3 Å². The van der Waals surface area contributed by atoms with Crippen LogP contribution in [0.3, 0.4) is 0 Å². The fourth-order valence-electron chi connectivity index (χ4n) is 0.906. The van der Waals surface area contributed by atoms with Crippen LogP contribution in [0.4, 0.5) is 5.69 Å². The Labute approximate surface area is 66.1 Å². The third-order valence-corrected chi connectivity index (χ3v) is 1.38. The molecule has 0 heterocycles. The highest BCUT2D eigenvalue weighted by atomic mass is 16.6. The number of nitrogens with two attached hydrogens (primary N) is 1. The van der Waals surface area contributed by atoms with Crippen LogP contribution in [0.2, 0.25) is 0 Å². The highest BCUT2D eigenvalue weighted by molar-refractivity contribution is 5.55. The van der Waals surface area contributed by atoms with Crippen molar-refractivity contribution in [1.29, 1.82) is 0 Å². The minimum absolute atomic E-state index is 0.675. The minimum Gasteiger partial charge on any atom is -0.409 e. The Bertz CT molecular complexity index is 225. The largest absolute Gasteiger partial charge is 0.409 e. The average molecular weight is 152 g/mol. The molecule has 0 aliphatic carbocycles. The van der Waals surface area contributed by atoms with E-state index in [4.69, 9.17) is 5.90 Å². The molecule has 0 aliphatic rings. The van der Waals surface area contributed by atoms with Crippen LogP contribution in [0.5, 0.6) is 5.75 Å². The Hall–Kier alpha value is -1.22. The third-order valence-electron chi connectivity index (χ3n) is 1.38. The molecule has 60 valence electrons. The summed E-state index contributed by atoms with van der Waals surface area (Å²) in [5.41, 5.74) is 0.928. The molecule has 3 N–H and O–H groups in total. The van der Waals surface area contributed by atoms with Crippen LogP contribution < -0.4 is 16.1 Å². The van der Waals surface area contributed by atoms with E-state index in [9.17, 15) is 0 Å². The van der Waals surface area contributed by atoms with Gasteiger partial charge in [-0.3, -0.25) is 0 Å². The molecule has 0 radical (unpaired) electrons. The molecule has 0 saturated carbocycles. The number of para-hydroxylation sites is 2. The van der Waals surface area contributed by atoms with E-state index in [-0.39, 0.29) is 0 Å². The van der Waals surface area contributed by atoms with Crippen molar-refractivity contribution in [3.8, 4) is 5.75 Å². The standard InChI is InChI=1S/C8H12N2O/c1-2-10-7-5-3-4-6-8(7)11-9/h3-6,10H,2,9H2,1H3. The zero-order valence-corrected chi connectivity index (χ0v) is 6.50. The molecule has 0 fully saturated rings. The van der Waals surface area contributed by atoms with Gasteiger partial charge in [0.05, 0.1) is 5.69 Å². The number of benzene rings is 1. The fourth-order valence-corrected chi connectivity index (χ4v) is 0.906. The van der Waals surface area contributed by atoms with Gasteiger partial charge in [-0.1, -0.05) is 12.1 Å². The second kappa shape index (κ2) is 3.83. The van der Waals surface area contributed by atoms with E-state index >= 15 is 0 Å².